The van der Waals surface area contributed by atoms with Crippen LogP contribution in [-0.2, 0) is 6.42 Å². The SMILES string of the molecule is CCc1cc2c(NC)nc(N3CCSCC3)nc2s1. The van der Waals surface area contributed by atoms with Gasteiger partial charge in [-0.1, -0.05) is 6.92 Å². The lowest BCUT2D eigenvalue weighted by Gasteiger charge is -2.26. The van der Waals surface area contributed by atoms with Crippen molar-refractivity contribution >= 4 is 45.1 Å². The fourth-order valence-electron chi connectivity index (χ4n) is 2.23. The molecule has 1 aliphatic heterocycles. The highest BCUT2D eigenvalue weighted by Crippen LogP contribution is 2.31. The van der Waals surface area contributed by atoms with Crippen molar-refractivity contribution in [1.29, 1.82) is 0 Å². The van der Waals surface area contributed by atoms with Gasteiger partial charge in [0.15, 0.2) is 0 Å². The molecule has 0 unspecified atom stereocenters. The van der Waals surface area contributed by atoms with Crippen molar-refractivity contribution in [3.8, 4) is 0 Å². The van der Waals surface area contributed by atoms with E-state index in [9.17, 15) is 0 Å². The molecule has 0 saturated carbocycles. The lowest BCUT2D eigenvalue weighted by molar-refractivity contribution is 0.821. The molecule has 1 aliphatic rings. The molecule has 1 saturated heterocycles. The summed E-state index contributed by atoms with van der Waals surface area (Å²) in [6.07, 6.45) is 1.06. The second kappa shape index (κ2) is 5.54. The molecule has 2 aromatic heterocycles. The third kappa shape index (κ3) is 2.51. The fourth-order valence-corrected chi connectivity index (χ4v) is 4.10. The Kier molecular flexibility index (Phi) is 3.79. The van der Waals surface area contributed by atoms with E-state index in [1.54, 1.807) is 11.3 Å². The molecule has 1 fully saturated rings. The smallest absolute Gasteiger partial charge is 0.228 e. The lowest BCUT2D eigenvalue weighted by atomic mass is 10.3. The highest BCUT2D eigenvalue weighted by molar-refractivity contribution is 7.99. The van der Waals surface area contributed by atoms with Gasteiger partial charge in [0.05, 0.1) is 5.39 Å². The molecule has 19 heavy (non-hydrogen) atoms. The largest absolute Gasteiger partial charge is 0.372 e. The first-order chi connectivity index (χ1) is 9.31. The summed E-state index contributed by atoms with van der Waals surface area (Å²) in [7, 11) is 1.93. The summed E-state index contributed by atoms with van der Waals surface area (Å²) in [6, 6.07) is 2.21. The van der Waals surface area contributed by atoms with E-state index < -0.39 is 0 Å². The van der Waals surface area contributed by atoms with E-state index >= 15 is 0 Å². The zero-order chi connectivity index (χ0) is 13.2. The zero-order valence-electron chi connectivity index (χ0n) is 11.3. The molecule has 0 atom stereocenters. The number of rotatable bonds is 3. The van der Waals surface area contributed by atoms with Crippen LogP contribution in [0.2, 0.25) is 0 Å². The Morgan fingerprint density at radius 2 is 2.11 bits per heavy atom. The number of nitrogens with zero attached hydrogens (tertiary/aromatic N) is 3. The van der Waals surface area contributed by atoms with Crippen molar-refractivity contribution in [2.45, 2.75) is 13.3 Å². The molecular weight excluding hydrogens is 276 g/mol. The summed E-state index contributed by atoms with van der Waals surface area (Å²) in [4.78, 5) is 14.2. The molecule has 0 bridgehead atoms. The van der Waals surface area contributed by atoms with Crippen LogP contribution in [0.5, 0.6) is 0 Å². The molecule has 2 aromatic rings. The molecular formula is C13H18N4S2. The van der Waals surface area contributed by atoms with E-state index in [-0.39, 0.29) is 0 Å². The Hall–Kier alpha value is -1.01. The Labute approximate surface area is 121 Å². The average Bonchev–Trinajstić information content (AvgIpc) is 2.90. The quantitative estimate of drug-likeness (QED) is 0.942. The maximum atomic E-state index is 4.76. The van der Waals surface area contributed by atoms with E-state index in [0.29, 0.717) is 0 Å². The van der Waals surface area contributed by atoms with Gasteiger partial charge in [0, 0.05) is 36.5 Å². The minimum absolute atomic E-state index is 0.877. The summed E-state index contributed by atoms with van der Waals surface area (Å²) in [5.41, 5.74) is 0. The van der Waals surface area contributed by atoms with Crippen molar-refractivity contribution in [3.05, 3.63) is 10.9 Å². The predicted octanol–water partition coefficient (Wildman–Crippen LogP) is 2.85. The van der Waals surface area contributed by atoms with Crippen LogP contribution in [0.15, 0.2) is 6.07 Å². The Morgan fingerprint density at radius 3 is 2.79 bits per heavy atom. The van der Waals surface area contributed by atoms with Crippen LogP contribution in [0.1, 0.15) is 11.8 Å². The van der Waals surface area contributed by atoms with Gasteiger partial charge in [-0.3, -0.25) is 0 Å². The molecule has 1 N–H and O–H groups in total. The summed E-state index contributed by atoms with van der Waals surface area (Å²) in [6.45, 7) is 4.27. The second-order valence-electron chi connectivity index (χ2n) is 4.51. The maximum absolute atomic E-state index is 4.76. The maximum Gasteiger partial charge on any atom is 0.228 e. The van der Waals surface area contributed by atoms with E-state index in [1.165, 1.54) is 16.4 Å². The van der Waals surface area contributed by atoms with Gasteiger partial charge in [-0.05, 0) is 12.5 Å². The first-order valence-corrected chi connectivity index (χ1v) is 8.60. The minimum Gasteiger partial charge on any atom is -0.372 e. The number of hydrogen-bond donors (Lipinski definition) is 1. The molecule has 102 valence electrons. The summed E-state index contributed by atoms with van der Waals surface area (Å²) >= 11 is 3.79. The van der Waals surface area contributed by atoms with E-state index in [2.05, 4.69) is 23.2 Å². The number of aryl methyl sites for hydroxylation is 1. The Balaban J connectivity index is 2.05. The number of nitrogens with one attached hydrogen (secondary N) is 1. The normalized spacial score (nSPS) is 16.0. The number of thioether (sulfide) groups is 1. The average molecular weight is 294 g/mol. The van der Waals surface area contributed by atoms with E-state index in [4.69, 9.17) is 9.97 Å². The predicted molar refractivity (Wildman–Crippen MR) is 85.9 cm³/mol. The molecule has 0 amide bonds. The Morgan fingerprint density at radius 1 is 1.32 bits per heavy atom. The molecule has 0 aliphatic carbocycles. The molecule has 3 heterocycles. The lowest BCUT2D eigenvalue weighted by Crippen LogP contribution is -2.33. The van der Waals surface area contributed by atoms with Crippen molar-refractivity contribution < 1.29 is 0 Å². The van der Waals surface area contributed by atoms with Crippen LogP contribution in [0.3, 0.4) is 0 Å². The molecule has 0 aromatic carbocycles. The summed E-state index contributed by atoms with van der Waals surface area (Å²) in [5, 5.41) is 4.36. The number of fused-ring (bicyclic) bond motifs is 1. The van der Waals surface area contributed by atoms with Gasteiger partial charge in [-0.15, -0.1) is 11.3 Å². The van der Waals surface area contributed by atoms with Gasteiger partial charge < -0.3 is 10.2 Å². The van der Waals surface area contributed by atoms with Crippen LogP contribution in [0, 0.1) is 0 Å². The zero-order valence-corrected chi connectivity index (χ0v) is 12.9. The Bertz CT molecular complexity index is 575. The van der Waals surface area contributed by atoms with Gasteiger partial charge in [0.25, 0.3) is 0 Å². The highest BCUT2D eigenvalue weighted by atomic mass is 32.2. The number of anilines is 2. The monoisotopic (exact) mass is 294 g/mol. The fraction of sp³-hybridized carbons (Fsp3) is 0.538. The van der Waals surface area contributed by atoms with Crippen LogP contribution < -0.4 is 10.2 Å². The molecule has 3 rings (SSSR count). The first kappa shape index (κ1) is 13.0. The van der Waals surface area contributed by atoms with Crippen molar-refractivity contribution in [2.75, 3.05) is 41.9 Å². The van der Waals surface area contributed by atoms with Crippen molar-refractivity contribution in [2.24, 2.45) is 0 Å². The van der Waals surface area contributed by atoms with Gasteiger partial charge in [0.2, 0.25) is 5.95 Å². The molecule has 0 spiro atoms. The second-order valence-corrected chi connectivity index (χ2v) is 6.85. The third-order valence-corrected chi connectivity index (χ3v) is 5.43. The highest BCUT2D eigenvalue weighted by Gasteiger charge is 2.17. The summed E-state index contributed by atoms with van der Waals surface area (Å²) < 4.78 is 0. The molecule has 0 radical (unpaired) electrons. The minimum atomic E-state index is 0.877. The standard InChI is InChI=1S/C13H18N4S2/c1-3-9-8-10-11(14-2)15-13(16-12(10)19-9)17-4-6-18-7-5-17/h8H,3-7H2,1-2H3,(H,14,15,16). The van der Waals surface area contributed by atoms with Crippen LogP contribution in [0.4, 0.5) is 11.8 Å². The third-order valence-electron chi connectivity index (χ3n) is 3.31. The molecule has 4 nitrogen and oxygen atoms in total. The summed E-state index contributed by atoms with van der Waals surface area (Å²) in [5.74, 6) is 4.16. The van der Waals surface area contributed by atoms with E-state index in [0.717, 1.165) is 41.5 Å². The van der Waals surface area contributed by atoms with Crippen molar-refractivity contribution in [3.63, 3.8) is 0 Å². The van der Waals surface area contributed by atoms with Crippen molar-refractivity contribution in [1.82, 2.24) is 9.97 Å². The number of hydrogen-bond acceptors (Lipinski definition) is 6. The van der Waals surface area contributed by atoms with E-state index in [1.807, 2.05) is 18.8 Å². The first-order valence-electron chi connectivity index (χ1n) is 6.62. The van der Waals surface area contributed by atoms with Gasteiger partial charge in [-0.25, -0.2) is 4.98 Å². The van der Waals surface area contributed by atoms with Crippen LogP contribution in [-0.4, -0.2) is 41.6 Å². The number of thiophene rings is 1. The number of aromatic nitrogens is 2. The van der Waals surface area contributed by atoms with Crippen LogP contribution in [0.25, 0.3) is 10.2 Å². The van der Waals surface area contributed by atoms with Gasteiger partial charge in [0.1, 0.15) is 10.6 Å². The van der Waals surface area contributed by atoms with Gasteiger partial charge >= 0.3 is 0 Å². The van der Waals surface area contributed by atoms with Crippen LogP contribution >= 0.6 is 23.1 Å². The van der Waals surface area contributed by atoms with Gasteiger partial charge in [-0.2, -0.15) is 16.7 Å². The topological polar surface area (TPSA) is 41.1 Å². The molecule has 6 heteroatoms.